The molecule has 1 aliphatic rings. The molecule has 1 aromatic carbocycles. The molecular formula is C14H15ClN2O2. The summed E-state index contributed by atoms with van der Waals surface area (Å²) in [6.07, 6.45) is 6.04. The average molecular weight is 279 g/mol. The Hall–Kier alpha value is -1.55. The minimum atomic E-state index is 0.0532. The molecule has 1 N–H and O–H groups in total. The number of rotatable bonds is 2. The summed E-state index contributed by atoms with van der Waals surface area (Å²) >= 11 is 5.88. The molecule has 2 aromatic rings. The third-order valence-corrected chi connectivity index (χ3v) is 3.91. The maximum absolute atomic E-state index is 9.40. The van der Waals surface area contributed by atoms with E-state index in [1.54, 1.807) is 12.1 Å². The molecule has 0 unspecified atom stereocenters. The van der Waals surface area contributed by atoms with E-state index in [1.165, 1.54) is 25.3 Å². The molecule has 1 heterocycles. The van der Waals surface area contributed by atoms with Crippen LogP contribution in [0.2, 0.25) is 5.02 Å². The number of phenolic OH excluding ortho intramolecular Hbond substituents is 1. The van der Waals surface area contributed by atoms with Crippen LogP contribution < -0.4 is 0 Å². The van der Waals surface area contributed by atoms with Crippen molar-refractivity contribution in [2.24, 2.45) is 0 Å². The van der Waals surface area contributed by atoms with Crippen molar-refractivity contribution < 1.29 is 9.63 Å². The predicted octanol–water partition coefficient (Wildman–Crippen LogP) is 4.14. The van der Waals surface area contributed by atoms with Gasteiger partial charge in [-0.15, -0.1) is 0 Å². The first-order valence-electron chi connectivity index (χ1n) is 6.56. The highest BCUT2D eigenvalue weighted by atomic mass is 35.5. The second-order valence-corrected chi connectivity index (χ2v) is 5.37. The molecule has 0 radical (unpaired) electrons. The first-order valence-corrected chi connectivity index (χ1v) is 6.94. The highest BCUT2D eigenvalue weighted by molar-refractivity contribution is 6.32. The zero-order valence-electron chi connectivity index (χ0n) is 10.5. The van der Waals surface area contributed by atoms with E-state index >= 15 is 0 Å². The van der Waals surface area contributed by atoms with Crippen molar-refractivity contribution in [3.8, 4) is 17.2 Å². The van der Waals surface area contributed by atoms with Gasteiger partial charge in [-0.05, 0) is 31.0 Å². The van der Waals surface area contributed by atoms with Gasteiger partial charge >= 0.3 is 0 Å². The molecular weight excluding hydrogens is 264 g/mol. The maximum Gasteiger partial charge on any atom is 0.257 e. The summed E-state index contributed by atoms with van der Waals surface area (Å²) in [6.45, 7) is 0. The van der Waals surface area contributed by atoms with E-state index in [-0.39, 0.29) is 10.8 Å². The van der Waals surface area contributed by atoms with Crippen molar-refractivity contribution in [3.05, 3.63) is 29.0 Å². The van der Waals surface area contributed by atoms with Gasteiger partial charge in [0.2, 0.25) is 0 Å². The first kappa shape index (κ1) is 12.5. The summed E-state index contributed by atoms with van der Waals surface area (Å²) in [6, 6.07) is 4.89. The third kappa shape index (κ3) is 2.59. The van der Waals surface area contributed by atoms with Crippen LogP contribution >= 0.6 is 11.6 Å². The van der Waals surface area contributed by atoms with Crippen molar-refractivity contribution in [1.29, 1.82) is 0 Å². The molecule has 1 saturated carbocycles. The van der Waals surface area contributed by atoms with E-state index in [4.69, 9.17) is 16.1 Å². The van der Waals surface area contributed by atoms with Gasteiger partial charge in [0, 0.05) is 11.5 Å². The summed E-state index contributed by atoms with van der Waals surface area (Å²) in [7, 11) is 0. The molecule has 19 heavy (non-hydrogen) atoms. The molecule has 1 fully saturated rings. The second kappa shape index (κ2) is 5.21. The van der Waals surface area contributed by atoms with E-state index in [1.807, 2.05) is 0 Å². The Bertz CT molecular complexity index is 577. The van der Waals surface area contributed by atoms with E-state index in [0.29, 0.717) is 11.8 Å². The van der Waals surface area contributed by atoms with Crippen LogP contribution in [0.1, 0.15) is 43.8 Å². The van der Waals surface area contributed by atoms with Crippen LogP contribution in [-0.2, 0) is 0 Å². The van der Waals surface area contributed by atoms with Crippen molar-refractivity contribution >= 4 is 11.6 Å². The molecule has 100 valence electrons. The summed E-state index contributed by atoms with van der Waals surface area (Å²) < 4.78 is 5.30. The minimum Gasteiger partial charge on any atom is -0.506 e. The normalized spacial score (nSPS) is 16.7. The van der Waals surface area contributed by atoms with Gasteiger partial charge in [-0.3, -0.25) is 0 Å². The lowest BCUT2D eigenvalue weighted by Gasteiger charge is -2.17. The van der Waals surface area contributed by atoms with Crippen molar-refractivity contribution in [3.63, 3.8) is 0 Å². The number of nitrogens with zero attached hydrogens (tertiary/aromatic N) is 2. The number of benzene rings is 1. The van der Waals surface area contributed by atoms with Gasteiger partial charge in [0.25, 0.3) is 5.89 Å². The largest absolute Gasteiger partial charge is 0.506 e. The highest BCUT2D eigenvalue weighted by Crippen LogP contribution is 2.33. The van der Waals surface area contributed by atoms with Gasteiger partial charge < -0.3 is 9.63 Å². The van der Waals surface area contributed by atoms with Gasteiger partial charge in [0.1, 0.15) is 5.75 Å². The zero-order chi connectivity index (χ0) is 13.2. The number of hydrogen-bond acceptors (Lipinski definition) is 4. The van der Waals surface area contributed by atoms with Gasteiger partial charge in [-0.2, -0.15) is 4.98 Å². The second-order valence-electron chi connectivity index (χ2n) is 4.96. The summed E-state index contributed by atoms with van der Waals surface area (Å²) in [5.41, 5.74) is 0.734. The van der Waals surface area contributed by atoms with Crippen molar-refractivity contribution in [2.45, 2.75) is 38.0 Å². The maximum atomic E-state index is 9.40. The zero-order valence-corrected chi connectivity index (χ0v) is 11.2. The summed E-state index contributed by atoms with van der Waals surface area (Å²) in [4.78, 5) is 4.46. The fourth-order valence-electron chi connectivity index (χ4n) is 2.52. The van der Waals surface area contributed by atoms with Gasteiger partial charge in [0.15, 0.2) is 5.82 Å². The fourth-order valence-corrected chi connectivity index (χ4v) is 2.70. The molecule has 1 aliphatic carbocycles. The Kier molecular flexibility index (Phi) is 3.42. The van der Waals surface area contributed by atoms with E-state index < -0.39 is 0 Å². The summed E-state index contributed by atoms with van der Waals surface area (Å²) in [5, 5.41) is 13.8. The van der Waals surface area contributed by atoms with Crippen LogP contribution in [0.5, 0.6) is 5.75 Å². The van der Waals surface area contributed by atoms with Crippen LogP contribution in [0.25, 0.3) is 11.5 Å². The van der Waals surface area contributed by atoms with Crippen LogP contribution in [0, 0.1) is 0 Å². The lowest BCUT2D eigenvalue weighted by atomic mass is 9.89. The number of halogens is 1. The van der Waals surface area contributed by atoms with Crippen LogP contribution in [0.4, 0.5) is 0 Å². The Labute approximate surface area is 116 Å². The topological polar surface area (TPSA) is 59.2 Å². The predicted molar refractivity (Wildman–Crippen MR) is 72.2 cm³/mol. The smallest absolute Gasteiger partial charge is 0.257 e. The molecule has 5 heteroatoms. The van der Waals surface area contributed by atoms with Gasteiger partial charge in [-0.25, -0.2) is 0 Å². The van der Waals surface area contributed by atoms with E-state index in [0.717, 1.165) is 24.2 Å². The molecule has 0 saturated heterocycles. The summed E-state index contributed by atoms with van der Waals surface area (Å²) in [5.74, 6) is 1.72. The molecule has 0 aliphatic heterocycles. The Morgan fingerprint density at radius 1 is 1.21 bits per heavy atom. The lowest BCUT2D eigenvalue weighted by Crippen LogP contribution is -2.06. The van der Waals surface area contributed by atoms with Crippen molar-refractivity contribution in [2.75, 3.05) is 0 Å². The van der Waals surface area contributed by atoms with Crippen molar-refractivity contribution in [1.82, 2.24) is 10.1 Å². The monoisotopic (exact) mass is 278 g/mol. The van der Waals surface area contributed by atoms with Crippen LogP contribution in [0.15, 0.2) is 22.7 Å². The van der Waals surface area contributed by atoms with E-state index in [9.17, 15) is 5.11 Å². The first-order chi connectivity index (χ1) is 9.24. The molecule has 1 aromatic heterocycles. The van der Waals surface area contributed by atoms with Gasteiger partial charge in [-0.1, -0.05) is 36.0 Å². The quantitative estimate of drug-likeness (QED) is 0.897. The Morgan fingerprint density at radius 3 is 2.74 bits per heavy atom. The number of phenols is 1. The highest BCUT2D eigenvalue weighted by Gasteiger charge is 2.21. The minimum absolute atomic E-state index is 0.0532. The number of aromatic nitrogens is 2. The Morgan fingerprint density at radius 2 is 2.00 bits per heavy atom. The van der Waals surface area contributed by atoms with Gasteiger partial charge in [0.05, 0.1) is 5.02 Å². The SMILES string of the molecule is Oc1ccc(-c2nc(C3CCCCC3)no2)cc1Cl. The molecule has 3 rings (SSSR count). The molecule has 4 nitrogen and oxygen atoms in total. The average Bonchev–Trinajstić information content (AvgIpc) is 2.93. The molecule has 0 amide bonds. The van der Waals surface area contributed by atoms with Crippen LogP contribution in [-0.4, -0.2) is 15.2 Å². The number of hydrogen-bond donors (Lipinski definition) is 1. The molecule has 0 atom stereocenters. The van der Waals surface area contributed by atoms with Crippen LogP contribution in [0.3, 0.4) is 0 Å². The number of aromatic hydroxyl groups is 1. The molecule has 0 spiro atoms. The Balaban J connectivity index is 1.85. The fraction of sp³-hybridized carbons (Fsp3) is 0.429. The standard InChI is InChI=1S/C14H15ClN2O2/c15-11-8-10(6-7-12(11)18)14-16-13(17-19-14)9-4-2-1-3-5-9/h6-9,18H,1-5H2. The lowest BCUT2D eigenvalue weighted by molar-refractivity contribution is 0.385. The third-order valence-electron chi connectivity index (χ3n) is 3.61. The molecule has 0 bridgehead atoms. The van der Waals surface area contributed by atoms with E-state index in [2.05, 4.69) is 10.1 Å².